The van der Waals surface area contributed by atoms with Crippen LogP contribution in [0.25, 0.3) is 0 Å². The predicted octanol–water partition coefficient (Wildman–Crippen LogP) is 2.21. The van der Waals surface area contributed by atoms with Gasteiger partial charge in [-0.05, 0) is 24.3 Å². The van der Waals surface area contributed by atoms with Gasteiger partial charge in [0.1, 0.15) is 22.3 Å². The highest BCUT2D eigenvalue weighted by molar-refractivity contribution is 7.92. The van der Waals surface area contributed by atoms with E-state index < -0.39 is 37.9 Å². The van der Waals surface area contributed by atoms with Gasteiger partial charge in [0, 0.05) is 6.07 Å². The summed E-state index contributed by atoms with van der Waals surface area (Å²) in [5.41, 5.74) is 0. The van der Waals surface area contributed by atoms with E-state index in [1.807, 2.05) is 0 Å². The molecule has 2 rings (SSSR count). The van der Waals surface area contributed by atoms with Crippen molar-refractivity contribution in [1.29, 1.82) is 0 Å². The van der Waals surface area contributed by atoms with E-state index in [1.165, 1.54) is 18.4 Å². The number of benzene rings is 1. The number of hydrogen-bond donors (Lipinski definition) is 0. The Balaban J connectivity index is 2.30. The van der Waals surface area contributed by atoms with Gasteiger partial charge in [-0.2, -0.15) is 0 Å². The monoisotopic (exact) mass is 286 g/mol. The lowest BCUT2D eigenvalue weighted by molar-refractivity contribution is 0.0990. The first-order valence-electron chi connectivity index (χ1n) is 5.14. The first-order chi connectivity index (χ1) is 8.90. The molecule has 0 amide bonds. The molecule has 0 bridgehead atoms. The van der Waals surface area contributed by atoms with Crippen LogP contribution in [0.3, 0.4) is 0 Å². The van der Waals surface area contributed by atoms with E-state index in [2.05, 4.69) is 0 Å². The molecule has 0 fully saturated rings. The van der Waals surface area contributed by atoms with Gasteiger partial charge in [-0.1, -0.05) is 0 Å². The quantitative estimate of drug-likeness (QED) is 0.638. The highest BCUT2D eigenvalue weighted by Gasteiger charge is 2.25. The number of sulfone groups is 1. The van der Waals surface area contributed by atoms with E-state index in [0.717, 1.165) is 12.1 Å². The summed E-state index contributed by atoms with van der Waals surface area (Å²) < 4.78 is 54.5. The number of Topliss-reactive ketones (excluding diaryl/α,β-unsaturated/α-hetero) is 1. The minimum Gasteiger partial charge on any atom is -0.461 e. The highest BCUT2D eigenvalue weighted by Crippen LogP contribution is 2.18. The fraction of sp³-hybridized carbons (Fsp3) is 0.0833. The molecule has 0 saturated carbocycles. The molecule has 0 saturated heterocycles. The number of hydrogen-bond acceptors (Lipinski definition) is 4. The molecule has 19 heavy (non-hydrogen) atoms. The Morgan fingerprint density at radius 3 is 2.53 bits per heavy atom. The van der Waals surface area contributed by atoms with Crippen LogP contribution in [0.1, 0.15) is 10.6 Å². The molecule has 1 aromatic carbocycles. The molecule has 7 heteroatoms. The third-order valence-corrected chi connectivity index (χ3v) is 3.99. The average Bonchev–Trinajstić information content (AvgIpc) is 2.80. The summed E-state index contributed by atoms with van der Waals surface area (Å²) in [4.78, 5) is 10.9. The summed E-state index contributed by atoms with van der Waals surface area (Å²) in [7, 11) is -4.18. The topological polar surface area (TPSA) is 64.3 Å². The smallest absolute Gasteiger partial charge is 0.213 e. The summed E-state index contributed by atoms with van der Waals surface area (Å²) in [6.07, 6.45) is 1.22. The zero-order chi connectivity index (χ0) is 14.0. The number of furan rings is 1. The molecule has 4 nitrogen and oxygen atoms in total. The number of rotatable bonds is 4. The Labute approximate surface area is 107 Å². The van der Waals surface area contributed by atoms with Crippen LogP contribution in [-0.2, 0) is 9.84 Å². The fourth-order valence-electron chi connectivity index (χ4n) is 1.49. The second-order valence-corrected chi connectivity index (χ2v) is 5.69. The van der Waals surface area contributed by atoms with Crippen LogP contribution in [0.15, 0.2) is 45.9 Å². The van der Waals surface area contributed by atoms with E-state index in [1.54, 1.807) is 0 Å². The Morgan fingerprint density at radius 2 is 1.95 bits per heavy atom. The Morgan fingerprint density at radius 1 is 1.21 bits per heavy atom. The Bertz CT molecular complexity index is 705. The molecule has 0 atom stereocenters. The van der Waals surface area contributed by atoms with Crippen molar-refractivity contribution in [3.63, 3.8) is 0 Å². The van der Waals surface area contributed by atoms with Gasteiger partial charge in [-0.15, -0.1) is 0 Å². The zero-order valence-electron chi connectivity index (χ0n) is 9.47. The number of carbonyl (C=O) groups is 1. The number of halogens is 2. The van der Waals surface area contributed by atoms with Crippen molar-refractivity contribution in [3.8, 4) is 0 Å². The van der Waals surface area contributed by atoms with Gasteiger partial charge in [0.2, 0.25) is 5.78 Å². The molecular weight excluding hydrogens is 278 g/mol. The molecule has 0 aliphatic rings. The standard InChI is InChI=1S/C12H8F2O4S/c13-8-3-4-12(9(14)6-8)19(16,17)7-10(15)11-2-1-5-18-11/h1-6H,7H2. The normalized spacial score (nSPS) is 11.5. The molecule has 1 aromatic heterocycles. The molecule has 0 unspecified atom stereocenters. The molecule has 100 valence electrons. The van der Waals surface area contributed by atoms with Crippen LogP contribution in [0.5, 0.6) is 0 Å². The second kappa shape index (κ2) is 4.93. The van der Waals surface area contributed by atoms with Gasteiger partial charge < -0.3 is 4.42 Å². The first kappa shape index (κ1) is 13.4. The summed E-state index contributed by atoms with van der Waals surface area (Å²) in [6, 6.07) is 4.78. The lowest BCUT2D eigenvalue weighted by Crippen LogP contribution is -2.17. The van der Waals surface area contributed by atoms with Crippen molar-refractivity contribution in [2.45, 2.75) is 4.90 Å². The maximum absolute atomic E-state index is 13.4. The van der Waals surface area contributed by atoms with Gasteiger partial charge in [-0.25, -0.2) is 17.2 Å². The van der Waals surface area contributed by atoms with Crippen molar-refractivity contribution in [2.24, 2.45) is 0 Å². The maximum Gasteiger partial charge on any atom is 0.213 e. The van der Waals surface area contributed by atoms with Crippen LogP contribution >= 0.6 is 0 Å². The van der Waals surface area contributed by atoms with Crippen molar-refractivity contribution in [1.82, 2.24) is 0 Å². The third-order valence-electron chi connectivity index (χ3n) is 2.35. The second-order valence-electron chi connectivity index (χ2n) is 3.73. The SMILES string of the molecule is O=C(CS(=O)(=O)c1ccc(F)cc1F)c1ccco1. The lowest BCUT2D eigenvalue weighted by Gasteiger charge is -2.04. The summed E-state index contributed by atoms with van der Waals surface area (Å²) >= 11 is 0. The highest BCUT2D eigenvalue weighted by atomic mass is 32.2. The number of ketones is 1. The van der Waals surface area contributed by atoms with Crippen molar-refractivity contribution in [2.75, 3.05) is 5.75 Å². The van der Waals surface area contributed by atoms with Gasteiger partial charge in [0.25, 0.3) is 0 Å². The van der Waals surface area contributed by atoms with Crippen LogP contribution in [0.4, 0.5) is 8.78 Å². The molecule has 2 aromatic rings. The first-order valence-corrected chi connectivity index (χ1v) is 6.80. The molecule has 0 aliphatic carbocycles. The van der Waals surface area contributed by atoms with Crippen LogP contribution in [0.2, 0.25) is 0 Å². The summed E-state index contributed by atoms with van der Waals surface area (Å²) in [5, 5.41) is 0. The molecule has 0 aliphatic heterocycles. The minimum absolute atomic E-state index is 0.133. The van der Waals surface area contributed by atoms with E-state index in [4.69, 9.17) is 4.42 Å². The lowest BCUT2D eigenvalue weighted by atomic mass is 10.3. The number of carbonyl (C=O) groups excluding carboxylic acids is 1. The van der Waals surface area contributed by atoms with Crippen molar-refractivity contribution < 1.29 is 26.4 Å². The largest absolute Gasteiger partial charge is 0.461 e. The Hall–Kier alpha value is -2.02. The molecule has 0 N–H and O–H groups in total. The van der Waals surface area contributed by atoms with Crippen molar-refractivity contribution in [3.05, 3.63) is 54.0 Å². The maximum atomic E-state index is 13.4. The summed E-state index contributed by atoms with van der Waals surface area (Å²) in [6.45, 7) is 0. The average molecular weight is 286 g/mol. The van der Waals surface area contributed by atoms with E-state index in [9.17, 15) is 22.0 Å². The van der Waals surface area contributed by atoms with Gasteiger partial charge >= 0.3 is 0 Å². The minimum atomic E-state index is -4.18. The van der Waals surface area contributed by atoms with E-state index in [0.29, 0.717) is 6.07 Å². The van der Waals surface area contributed by atoms with E-state index >= 15 is 0 Å². The van der Waals surface area contributed by atoms with Gasteiger partial charge in [-0.3, -0.25) is 4.79 Å². The zero-order valence-corrected chi connectivity index (χ0v) is 10.3. The third kappa shape index (κ3) is 2.87. The van der Waals surface area contributed by atoms with Crippen LogP contribution in [0, 0.1) is 11.6 Å². The summed E-state index contributed by atoms with van der Waals surface area (Å²) in [5.74, 6) is -4.00. The van der Waals surface area contributed by atoms with Gasteiger partial charge in [0.05, 0.1) is 6.26 Å². The molecular formula is C12H8F2O4S. The van der Waals surface area contributed by atoms with Crippen LogP contribution in [-0.4, -0.2) is 20.0 Å². The van der Waals surface area contributed by atoms with Crippen molar-refractivity contribution >= 4 is 15.6 Å². The Kier molecular flexibility index (Phi) is 3.48. The fourth-order valence-corrected chi connectivity index (χ4v) is 2.76. The van der Waals surface area contributed by atoms with E-state index in [-0.39, 0.29) is 5.76 Å². The molecule has 1 heterocycles. The molecule has 0 radical (unpaired) electrons. The van der Waals surface area contributed by atoms with Crippen LogP contribution < -0.4 is 0 Å². The molecule has 0 spiro atoms. The predicted molar refractivity (Wildman–Crippen MR) is 61.4 cm³/mol. The van der Waals surface area contributed by atoms with Gasteiger partial charge in [0.15, 0.2) is 15.6 Å².